The summed E-state index contributed by atoms with van der Waals surface area (Å²) in [5.41, 5.74) is -0.494. The maximum absolute atomic E-state index is 13.7. The van der Waals surface area contributed by atoms with E-state index in [1.165, 1.54) is 36.4 Å². The Morgan fingerprint density at radius 1 is 0.966 bits per heavy atom. The smallest absolute Gasteiger partial charge is 0.412 e. The van der Waals surface area contributed by atoms with Gasteiger partial charge in [0.15, 0.2) is 6.04 Å². The van der Waals surface area contributed by atoms with E-state index in [2.05, 4.69) is 0 Å². The van der Waals surface area contributed by atoms with Crippen LogP contribution in [0.5, 0.6) is 0 Å². The molecule has 0 aliphatic rings. The lowest BCUT2D eigenvalue weighted by Crippen LogP contribution is -2.38. The number of benzene rings is 2. The van der Waals surface area contributed by atoms with E-state index >= 15 is 0 Å². The van der Waals surface area contributed by atoms with Crippen molar-refractivity contribution in [1.82, 2.24) is 5.32 Å². The van der Waals surface area contributed by atoms with E-state index in [4.69, 9.17) is 28.3 Å². The van der Waals surface area contributed by atoms with Crippen molar-refractivity contribution in [3.63, 3.8) is 0 Å². The molecule has 0 bridgehead atoms. The minimum atomic E-state index is -4.93. The molecule has 0 fully saturated rings. The van der Waals surface area contributed by atoms with Crippen molar-refractivity contribution in [2.45, 2.75) is 18.3 Å². The SMILES string of the molecule is O=C(O)/C=C/C(=O)NC(c1ccccc1C(O)c1cccc(Cl)c1Cl)C(F)(F)F. The summed E-state index contributed by atoms with van der Waals surface area (Å²) >= 11 is 12.0. The molecule has 0 radical (unpaired) electrons. The first-order chi connectivity index (χ1) is 13.5. The normalized spacial score (nSPS) is 13.9. The van der Waals surface area contributed by atoms with Crippen LogP contribution in [-0.4, -0.2) is 28.3 Å². The fourth-order valence-electron chi connectivity index (χ4n) is 2.60. The lowest BCUT2D eigenvalue weighted by atomic mass is 9.92. The van der Waals surface area contributed by atoms with Gasteiger partial charge in [0.25, 0.3) is 0 Å². The maximum Gasteiger partial charge on any atom is 0.412 e. The van der Waals surface area contributed by atoms with Crippen LogP contribution in [0.2, 0.25) is 10.0 Å². The number of aliphatic hydroxyl groups excluding tert-OH is 1. The van der Waals surface area contributed by atoms with Gasteiger partial charge in [-0.1, -0.05) is 59.6 Å². The molecule has 0 aliphatic carbocycles. The number of aliphatic carboxylic acids is 1. The van der Waals surface area contributed by atoms with Gasteiger partial charge < -0.3 is 15.5 Å². The van der Waals surface area contributed by atoms with Crippen LogP contribution in [0.25, 0.3) is 0 Å². The second-order valence-electron chi connectivity index (χ2n) is 5.83. The van der Waals surface area contributed by atoms with Crippen molar-refractivity contribution in [1.29, 1.82) is 0 Å². The molecule has 2 aromatic carbocycles. The van der Waals surface area contributed by atoms with Crippen molar-refractivity contribution in [2.75, 3.05) is 0 Å². The molecule has 1 amide bonds. The Morgan fingerprint density at radius 3 is 2.14 bits per heavy atom. The summed E-state index contributed by atoms with van der Waals surface area (Å²) in [4.78, 5) is 22.2. The molecule has 2 atom stereocenters. The Hall–Kier alpha value is -2.55. The molecule has 0 saturated carbocycles. The average molecular weight is 448 g/mol. The first-order valence-electron chi connectivity index (χ1n) is 8.01. The van der Waals surface area contributed by atoms with E-state index in [9.17, 15) is 27.9 Å². The number of alkyl halides is 3. The van der Waals surface area contributed by atoms with Crippen LogP contribution in [0, 0.1) is 0 Å². The lowest BCUT2D eigenvalue weighted by Gasteiger charge is -2.26. The Balaban J connectivity index is 2.50. The molecular weight excluding hydrogens is 434 g/mol. The Morgan fingerprint density at radius 2 is 1.55 bits per heavy atom. The minimum absolute atomic E-state index is 0.0199. The third kappa shape index (κ3) is 5.72. The molecule has 2 aromatic rings. The molecule has 10 heteroatoms. The van der Waals surface area contributed by atoms with Crippen LogP contribution in [0.15, 0.2) is 54.6 Å². The van der Waals surface area contributed by atoms with Gasteiger partial charge in [-0.15, -0.1) is 0 Å². The van der Waals surface area contributed by atoms with E-state index in [1.807, 2.05) is 0 Å². The van der Waals surface area contributed by atoms with Gasteiger partial charge in [-0.2, -0.15) is 13.2 Å². The molecule has 2 rings (SSSR count). The zero-order valence-corrected chi connectivity index (χ0v) is 16.0. The zero-order valence-electron chi connectivity index (χ0n) is 14.5. The number of rotatable bonds is 6. The highest BCUT2D eigenvalue weighted by Gasteiger charge is 2.43. The summed E-state index contributed by atoms with van der Waals surface area (Å²) in [5.74, 6) is -2.75. The topological polar surface area (TPSA) is 86.6 Å². The Labute approximate surface area is 173 Å². The van der Waals surface area contributed by atoms with Crippen molar-refractivity contribution < 1.29 is 33.0 Å². The van der Waals surface area contributed by atoms with E-state index in [-0.39, 0.29) is 21.2 Å². The summed E-state index contributed by atoms with van der Waals surface area (Å²) in [7, 11) is 0. The number of carbonyl (C=O) groups is 2. The highest BCUT2D eigenvalue weighted by molar-refractivity contribution is 6.42. The fourth-order valence-corrected chi connectivity index (χ4v) is 3.01. The molecule has 5 nitrogen and oxygen atoms in total. The third-order valence-electron chi connectivity index (χ3n) is 3.87. The number of hydrogen-bond acceptors (Lipinski definition) is 3. The van der Waals surface area contributed by atoms with Crippen molar-refractivity contribution in [3.8, 4) is 0 Å². The summed E-state index contributed by atoms with van der Waals surface area (Å²) in [6.45, 7) is 0. The number of carbonyl (C=O) groups excluding carboxylic acids is 1. The highest BCUT2D eigenvalue weighted by Crippen LogP contribution is 2.39. The van der Waals surface area contributed by atoms with Crippen LogP contribution in [0.1, 0.15) is 28.8 Å². The number of halogens is 5. The van der Waals surface area contributed by atoms with Crippen molar-refractivity contribution in [3.05, 3.63) is 81.4 Å². The number of carboxylic acids is 1. The standard InChI is InChI=1S/C19H14Cl2F3NO4/c20-13-7-3-6-12(16(13)21)17(29)10-4-1-2-5-11(10)18(19(22,23)24)25-14(26)8-9-15(27)28/h1-9,17-18,29H,(H,25,26)(H,27,28)/b9-8+. The summed E-state index contributed by atoms with van der Waals surface area (Å²) in [6.07, 6.45) is -5.61. The molecule has 3 N–H and O–H groups in total. The van der Waals surface area contributed by atoms with Gasteiger partial charge in [-0.25, -0.2) is 4.79 Å². The average Bonchev–Trinajstić information content (AvgIpc) is 2.65. The van der Waals surface area contributed by atoms with Gasteiger partial charge in [0.05, 0.1) is 10.0 Å². The van der Waals surface area contributed by atoms with E-state index in [0.29, 0.717) is 12.2 Å². The molecule has 0 heterocycles. The van der Waals surface area contributed by atoms with Gasteiger partial charge in [-0.05, 0) is 17.2 Å². The Bertz CT molecular complexity index is 947. The Kier molecular flexibility index (Phi) is 7.29. The fraction of sp³-hybridized carbons (Fsp3) is 0.158. The molecule has 0 spiro atoms. The summed E-state index contributed by atoms with van der Waals surface area (Å²) in [6, 6.07) is 6.92. The third-order valence-corrected chi connectivity index (χ3v) is 4.70. The van der Waals surface area contributed by atoms with E-state index in [1.54, 1.807) is 5.32 Å². The molecule has 0 aromatic heterocycles. The molecule has 0 saturated heterocycles. The van der Waals surface area contributed by atoms with Crippen LogP contribution in [-0.2, 0) is 9.59 Å². The van der Waals surface area contributed by atoms with E-state index in [0.717, 1.165) is 6.07 Å². The van der Waals surface area contributed by atoms with Gasteiger partial charge in [-0.3, -0.25) is 4.79 Å². The van der Waals surface area contributed by atoms with Gasteiger partial charge in [0.2, 0.25) is 5.91 Å². The predicted molar refractivity (Wildman–Crippen MR) is 101 cm³/mol. The first-order valence-corrected chi connectivity index (χ1v) is 8.77. The van der Waals surface area contributed by atoms with Gasteiger partial charge in [0.1, 0.15) is 6.10 Å². The second-order valence-corrected chi connectivity index (χ2v) is 6.61. The molecular formula is C19H14Cl2F3NO4. The van der Waals surface area contributed by atoms with Crippen LogP contribution in [0.3, 0.4) is 0 Å². The van der Waals surface area contributed by atoms with Crippen LogP contribution < -0.4 is 5.32 Å². The maximum atomic E-state index is 13.7. The number of nitrogens with one attached hydrogen (secondary N) is 1. The van der Waals surface area contributed by atoms with Crippen LogP contribution in [0.4, 0.5) is 13.2 Å². The van der Waals surface area contributed by atoms with Crippen LogP contribution >= 0.6 is 23.2 Å². The number of carboxylic acid groups (broad SMARTS) is 1. The largest absolute Gasteiger partial charge is 0.478 e. The highest BCUT2D eigenvalue weighted by atomic mass is 35.5. The molecule has 29 heavy (non-hydrogen) atoms. The number of aliphatic hydroxyl groups is 1. The van der Waals surface area contributed by atoms with Gasteiger partial charge >= 0.3 is 12.1 Å². The first kappa shape index (κ1) is 22.7. The van der Waals surface area contributed by atoms with E-state index < -0.39 is 35.8 Å². The summed E-state index contributed by atoms with van der Waals surface area (Å²) < 4.78 is 41.0. The molecule has 154 valence electrons. The predicted octanol–water partition coefficient (Wildman–Crippen LogP) is 4.44. The van der Waals surface area contributed by atoms with Crippen molar-refractivity contribution >= 4 is 35.1 Å². The number of amides is 1. The minimum Gasteiger partial charge on any atom is -0.478 e. The van der Waals surface area contributed by atoms with Gasteiger partial charge in [0, 0.05) is 17.7 Å². The lowest BCUT2D eigenvalue weighted by molar-refractivity contribution is -0.162. The molecule has 0 aliphatic heterocycles. The zero-order chi connectivity index (χ0) is 21.8. The quantitative estimate of drug-likeness (QED) is 0.571. The molecule has 2 unspecified atom stereocenters. The summed E-state index contributed by atoms with van der Waals surface area (Å²) in [5, 5.41) is 21.0. The second kappa shape index (κ2) is 9.30. The monoisotopic (exact) mass is 447 g/mol. The number of hydrogen-bond donors (Lipinski definition) is 3. The van der Waals surface area contributed by atoms with Crippen molar-refractivity contribution in [2.24, 2.45) is 0 Å².